The highest BCUT2D eigenvalue weighted by atomic mass is 19.1. The maximum atomic E-state index is 13.8. The lowest BCUT2D eigenvalue weighted by Gasteiger charge is -2.22. The highest BCUT2D eigenvalue weighted by Gasteiger charge is 2.54. The predicted octanol–water partition coefficient (Wildman–Crippen LogP) is 5.30. The summed E-state index contributed by atoms with van der Waals surface area (Å²) in [6.07, 6.45) is -0.0783. The molecule has 0 bridgehead atoms. The minimum atomic E-state index is -1.64. The highest BCUT2D eigenvalue weighted by molar-refractivity contribution is 6.02. The van der Waals surface area contributed by atoms with E-state index in [0.717, 1.165) is 0 Å². The third-order valence-electron chi connectivity index (χ3n) is 6.70. The van der Waals surface area contributed by atoms with Crippen LogP contribution in [-0.2, 0) is 31.9 Å². The van der Waals surface area contributed by atoms with Crippen LogP contribution in [0, 0.1) is 35.8 Å². The van der Waals surface area contributed by atoms with Gasteiger partial charge in [-0.05, 0) is 65.6 Å². The third kappa shape index (κ3) is 4.47. The molecule has 1 aliphatic rings. The van der Waals surface area contributed by atoms with Gasteiger partial charge in [-0.1, -0.05) is 30.6 Å². The van der Waals surface area contributed by atoms with Gasteiger partial charge in [0.2, 0.25) is 0 Å². The van der Waals surface area contributed by atoms with Crippen LogP contribution in [0.2, 0.25) is 0 Å². The molecule has 1 aliphatic carbocycles. The second-order valence-corrected chi connectivity index (χ2v) is 8.84. The number of hydrogen-bond acceptors (Lipinski definition) is 5. The SMILES string of the molecule is C=C(O)c1c(C)c2c(c(C#Cc3ccc(F)cc3)c1-c1ccc(F)cc1)CC(C(=O)OC)(C(=O)OC)C2. The van der Waals surface area contributed by atoms with Crippen LogP contribution in [0.25, 0.3) is 16.9 Å². The molecular formula is C30H24F2O5. The molecule has 3 aromatic carbocycles. The van der Waals surface area contributed by atoms with Crippen LogP contribution in [-0.4, -0.2) is 31.3 Å². The standard InChI is InChI=1S/C30H24F2O5/c1-17-24-15-30(28(34)36-3,29(35)37-4)16-25(24)23(14-7-19-5-10-21(31)11-6-19)27(26(17)18(2)33)20-8-12-22(32)13-9-20/h5-6,8-13,33H,2,15-16H2,1,3-4H3. The Morgan fingerprint density at radius 2 is 1.41 bits per heavy atom. The van der Waals surface area contributed by atoms with Gasteiger partial charge < -0.3 is 14.6 Å². The molecule has 1 N–H and O–H groups in total. The minimum Gasteiger partial charge on any atom is -0.508 e. The van der Waals surface area contributed by atoms with Gasteiger partial charge in [-0.3, -0.25) is 9.59 Å². The normalized spacial score (nSPS) is 13.2. The summed E-state index contributed by atoms with van der Waals surface area (Å²) in [6, 6.07) is 11.3. The van der Waals surface area contributed by atoms with Crippen molar-refractivity contribution in [1.29, 1.82) is 0 Å². The Balaban J connectivity index is 2.08. The summed E-state index contributed by atoms with van der Waals surface area (Å²) in [5.41, 5.74) is 2.54. The topological polar surface area (TPSA) is 72.8 Å². The number of ether oxygens (including phenoxy) is 2. The summed E-state index contributed by atoms with van der Waals surface area (Å²) in [5.74, 6) is 3.51. The molecule has 5 nitrogen and oxygen atoms in total. The van der Waals surface area contributed by atoms with Crippen LogP contribution < -0.4 is 0 Å². The van der Waals surface area contributed by atoms with E-state index in [1.165, 1.54) is 50.6 Å². The van der Waals surface area contributed by atoms with Gasteiger partial charge in [-0.15, -0.1) is 0 Å². The fraction of sp³-hybridized carbons (Fsp3) is 0.200. The van der Waals surface area contributed by atoms with E-state index in [2.05, 4.69) is 18.4 Å². The van der Waals surface area contributed by atoms with E-state index in [1.807, 2.05) is 0 Å². The van der Waals surface area contributed by atoms with Crippen LogP contribution in [0.5, 0.6) is 0 Å². The first-order valence-electron chi connectivity index (χ1n) is 11.4. The molecule has 188 valence electrons. The van der Waals surface area contributed by atoms with Crippen LogP contribution >= 0.6 is 0 Å². The zero-order valence-corrected chi connectivity index (χ0v) is 20.6. The average Bonchev–Trinajstić information content (AvgIpc) is 3.31. The minimum absolute atomic E-state index is 0.0251. The summed E-state index contributed by atoms with van der Waals surface area (Å²) in [7, 11) is 2.39. The van der Waals surface area contributed by atoms with E-state index in [9.17, 15) is 23.5 Å². The smallest absolute Gasteiger partial charge is 0.323 e. The lowest BCUT2D eigenvalue weighted by Crippen LogP contribution is -2.42. The molecule has 0 amide bonds. The highest BCUT2D eigenvalue weighted by Crippen LogP contribution is 2.47. The number of aliphatic hydroxyl groups is 1. The molecule has 0 saturated heterocycles. The Hall–Kier alpha value is -4.44. The number of methoxy groups -OCH3 is 2. The van der Waals surface area contributed by atoms with Gasteiger partial charge >= 0.3 is 11.9 Å². The first-order chi connectivity index (χ1) is 17.6. The number of hydrogen-bond donors (Lipinski definition) is 1. The molecule has 0 fully saturated rings. The molecule has 0 aliphatic heterocycles. The zero-order chi connectivity index (χ0) is 26.9. The van der Waals surface area contributed by atoms with E-state index in [1.54, 1.807) is 19.1 Å². The molecule has 0 spiro atoms. The molecule has 0 aromatic heterocycles. The van der Waals surface area contributed by atoms with Crippen molar-refractivity contribution >= 4 is 17.7 Å². The van der Waals surface area contributed by atoms with Gasteiger partial charge in [0, 0.05) is 35.1 Å². The first kappa shape index (κ1) is 25.6. The van der Waals surface area contributed by atoms with Gasteiger partial charge in [-0.2, -0.15) is 0 Å². The molecule has 3 aromatic rings. The number of rotatable bonds is 4. The zero-order valence-electron chi connectivity index (χ0n) is 20.6. The van der Waals surface area contributed by atoms with Crippen LogP contribution in [0.3, 0.4) is 0 Å². The molecular weight excluding hydrogens is 478 g/mol. The molecule has 7 heteroatoms. The van der Waals surface area contributed by atoms with Gasteiger partial charge in [0.1, 0.15) is 17.4 Å². The van der Waals surface area contributed by atoms with Gasteiger partial charge in [0.15, 0.2) is 5.41 Å². The summed E-state index contributed by atoms with van der Waals surface area (Å²) < 4.78 is 37.2. The quantitative estimate of drug-likeness (QED) is 0.227. The van der Waals surface area contributed by atoms with Crippen molar-refractivity contribution in [3.05, 3.63) is 100 Å². The Morgan fingerprint density at radius 3 is 1.92 bits per heavy atom. The van der Waals surface area contributed by atoms with E-state index in [4.69, 9.17) is 9.47 Å². The monoisotopic (exact) mass is 502 g/mol. The van der Waals surface area contributed by atoms with Crippen LogP contribution in [0.4, 0.5) is 8.78 Å². The largest absolute Gasteiger partial charge is 0.508 e. The van der Waals surface area contributed by atoms with E-state index >= 15 is 0 Å². The Bertz CT molecular complexity index is 1460. The molecule has 0 saturated carbocycles. The van der Waals surface area contributed by atoms with Gasteiger partial charge in [0.05, 0.1) is 14.2 Å². The second kappa shape index (κ2) is 9.90. The fourth-order valence-corrected chi connectivity index (χ4v) is 4.93. The molecule has 0 unspecified atom stereocenters. The van der Waals surface area contributed by atoms with Crippen molar-refractivity contribution in [1.82, 2.24) is 0 Å². The number of carbonyl (C=O) groups excluding carboxylic acids is 2. The molecule has 0 heterocycles. The average molecular weight is 503 g/mol. The van der Waals surface area contributed by atoms with Crippen molar-refractivity contribution in [2.45, 2.75) is 19.8 Å². The number of benzene rings is 3. The van der Waals surface area contributed by atoms with E-state index in [0.29, 0.717) is 44.5 Å². The Kier molecular flexibility index (Phi) is 6.86. The van der Waals surface area contributed by atoms with Crippen LogP contribution in [0.1, 0.15) is 33.4 Å². The van der Waals surface area contributed by atoms with Gasteiger partial charge in [0.25, 0.3) is 0 Å². The van der Waals surface area contributed by atoms with Crippen molar-refractivity contribution in [3.63, 3.8) is 0 Å². The summed E-state index contributed by atoms with van der Waals surface area (Å²) in [6.45, 7) is 5.49. The summed E-state index contributed by atoms with van der Waals surface area (Å²) >= 11 is 0. The van der Waals surface area contributed by atoms with Crippen molar-refractivity contribution in [2.24, 2.45) is 5.41 Å². The van der Waals surface area contributed by atoms with Crippen molar-refractivity contribution in [2.75, 3.05) is 14.2 Å². The summed E-state index contributed by atoms with van der Waals surface area (Å²) in [5, 5.41) is 10.7. The molecule has 37 heavy (non-hydrogen) atoms. The number of carbonyl (C=O) groups is 2. The summed E-state index contributed by atoms with van der Waals surface area (Å²) in [4.78, 5) is 25.9. The van der Waals surface area contributed by atoms with Crippen LogP contribution in [0.15, 0.2) is 55.1 Å². The molecule has 0 radical (unpaired) electrons. The predicted molar refractivity (Wildman–Crippen MR) is 134 cm³/mol. The lowest BCUT2D eigenvalue weighted by molar-refractivity contribution is -0.168. The van der Waals surface area contributed by atoms with Crippen molar-refractivity contribution in [3.8, 4) is 23.0 Å². The van der Waals surface area contributed by atoms with Crippen molar-refractivity contribution < 1.29 is 33.0 Å². The maximum absolute atomic E-state index is 13.8. The second-order valence-electron chi connectivity index (χ2n) is 8.84. The molecule has 0 atom stereocenters. The molecule has 4 rings (SSSR count). The third-order valence-corrected chi connectivity index (χ3v) is 6.70. The first-order valence-corrected chi connectivity index (χ1v) is 11.4. The lowest BCUT2D eigenvalue weighted by atomic mass is 9.84. The Morgan fingerprint density at radius 1 is 0.892 bits per heavy atom. The van der Waals surface area contributed by atoms with E-state index < -0.39 is 29.0 Å². The Labute approximate surface area is 213 Å². The number of esters is 2. The number of aliphatic hydroxyl groups excluding tert-OH is 1. The van der Waals surface area contributed by atoms with E-state index in [-0.39, 0.29) is 18.6 Å². The fourth-order valence-electron chi connectivity index (χ4n) is 4.93. The number of fused-ring (bicyclic) bond motifs is 1. The van der Waals surface area contributed by atoms with Gasteiger partial charge in [-0.25, -0.2) is 8.78 Å². The number of halogens is 2. The maximum Gasteiger partial charge on any atom is 0.323 e.